The minimum Gasteiger partial charge on any atom is -0.506 e. The van der Waals surface area contributed by atoms with Crippen LogP contribution in [0.4, 0.5) is 11.4 Å². The predicted octanol–water partition coefficient (Wildman–Crippen LogP) is 9.79. The van der Waals surface area contributed by atoms with Crippen molar-refractivity contribution in [3.8, 4) is 11.5 Å². The lowest BCUT2D eigenvalue weighted by atomic mass is 9.86. The standard InChI is InChI=1S/C24H23NO3.C10H15NO.C7H5ClO/c1-24(2,3)19-14-15-21(28-23(27)18-12-8-5-9-13-18)20(16-19)25-22(26)17-10-6-4-7-11-17;1-10(2,3)7-5-4-6-8(12)9(7)11;8-7(9)6-4-2-1-3-5-6/h4-16H,1-3H3,(H,25,26);4-6,12H,11H2,1-3H3;1-5H. The van der Waals surface area contributed by atoms with Crippen LogP contribution in [0.1, 0.15) is 83.7 Å². The van der Waals surface area contributed by atoms with Gasteiger partial charge >= 0.3 is 5.97 Å². The second-order valence-corrected chi connectivity index (χ2v) is 13.5. The molecule has 5 aromatic rings. The van der Waals surface area contributed by atoms with Crippen LogP contribution in [0.15, 0.2) is 127 Å². The molecule has 4 N–H and O–H groups in total. The first-order valence-electron chi connectivity index (χ1n) is 15.7. The Hall–Kier alpha value is -5.40. The fourth-order valence-corrected chi connectivity index (χ4v) is 4.60. The van der Waals surface area contributed by atoms with Gasteiger partial charge in [-0.05, 0) is 76.0 Å². The fraction of sp³-hybridized carbons (Fsp3) is 0.195. The molecule has 7 nitrogen and oxygen atoms in total. The van der Waals surface area contributed by atoms with Gasteiger partial charge in [-0.15, -0.1) is 0 Å². The first-order valence-corrected chi connectivity index (χ1v) is 16.1. The van der Waals surface area contributed by atoms with Gasteiger partial charge in [0.25, 0.3) is 11.1 Å². The Kier molecular flexibility index (Phi) is 13.3. The van der Waals surface area contributed by atoms with Crippen LogP contribution in [0.3, 0.4) is 0 Å². The number of nitrogens with one attached hydrogen (secondary N) is 1. The summed E-state index contributed by atoms with van der Waals surface area (Å²) in [5, 5.41) is 11.8. The molecule has 0 saturated heterocycles. The van der Waals surface area contributed by atoms with E-state index in [2.05, 4.69) is 46.9 Å². The molecular weight excluding hydrogens is 636 g/mol. The first kappa shape index (κ1) is 38.1. The lowest BCUT2D eigenvalue weighted by Crippen LogP contribution is -2.17. The number of halogens is 1. The van der Waals surface area contributed by atoms with Gasteiger partial charge in [0.2, 0.25) is 0 Å². The van der Waals surface area contributed by atoms with E-state index in [1.165, 1.54) is 0 Å². The molecule has 0 spiro atoms. The number of aromatic hydroxyl groups is 1. The largest absolute Gasteiger partial charge is 0.506 e. The number of hydrogen-bond acceptors (Lipinski definition) is 6. The number of hydrogen-bond donors (Lipinski definition) is 3. The molecule has 49 heavy (non-hydrogen) atoms. The predicted molar refractivity (Wildman–Crippen MR) is 199 cm³/mol. The van der Waals surface area contributed by atoms with Crippen LogP contribution < -0.4 is 15.8 Å². The Labute approximate surface area is 293 Å². The van der Waals surface area contributed by atoms with Gasteiger partial charge in [-0.3, -0.25) is 9.59 Å². The molecule has 5 aromatic carbocycles. The lowest BCUT2D eigenvalue weighted by Gasteiger charge is -2.21. The van der Waals surface area contributed by atoms with Crippen LogP contribution in [-0.4, -0.2) is 22.2 Å². The van der Waals surface area contributed by atoms with Crippen molar-refractivity contribution in [2.75, 3.05) is 11.1 Å². The van der Waals surface area contributed by atoms with Crippen molar-refractivity contribution < 1.29 is 24.2 Å². The highest BCUT2D eigenvalue weighted by atomic mass is 35.5. The number of carbonyl (C=O) groups excluding carboxylic acids is 3. The summed E-state index contributed by atoms with van der Waals surface area (Å²) in [6, 6.07) is 37.3. The molecule has 0 bridgehead atoms. The molecule has 5 rings (SSSR count). The number of anilines is 2. The molecule has 0 fully saturated rings. The normalized spacial score (nSPS) is 10.8. The van der Waals surface area contributed by atoms with E-state index in [0.29, 0.717) is 33.8 Å². The highest BCUT2D eigenvalue weighted by Gasteiger charge is 2.20. The van der Waals surface area contributed by atoms with Gasteiger partial charge < -0.3 is 20.9 Å². The molecule has 0 heterocycles. The summed E-state index contributed by atoms with van der Waals surface area (Å²) in [5.74, 6) is -0.253. The van der Waals surface area contributed by atoms with Crippen molar-refractivity contribution in [1.82, 2.24) is 0 Å². The molecule has 0 aromatic heterocycles. The third kappa shape index (κ3) is 11.7. The van der Waals surface area contributed by atoms with Gasteiger partial charge in [-0.25, -0.2) is 4.79 Å². The van der Waals surface area contributed by atoms with Gasteiger partial charge in [0.15, 0.2) is 5.75 Å². The summed E-state index contributed by atoms with van der Waals surface area (Å²) >= 11 is 5.16. The van der Waals surface area contributed by atoms with Crippen molar-refractivity contribution in [3.63, 3.8) is 0 Å². The van der Waals surface area contributed by atoms with Crippen molar-refractivity contribution in [2.24, 2.45) is 0 Å². The van der Waals surface area contributed by atoms with E-state index >= 15 is 0 Å². The fourth-order valence-electron chi connectivity index (χ4n) is 4.48. The van der Waals surface area contributed by atoms with Crippen molar-refractivity contribution in [2.45, 2.75) is 52.4 Å². The number of ether oxygens (including phenoxy) is 1. The minimum absolute atomic E-state index is 0.0111. The molecule has 1 amide bonds. The number of amides is 1. The number of phenolic OH excluding ortho intramolecular Hbond substituents is 1. The zero-order chi connectivity index (χ0) is 36.2. The molecule has 0 aliphatic heterocycles. The molecule has 0 aliphatic carbocycles. The number of esters is 1. The van der Waals surface area contributed by atoms with E-state index in [-0.39, 0.29) is 22.5 Å². The Morgan fingerprint density at radius 3 is 1.61 bits per heavy atom. The van der Waals surface area contributed by atoms with Crippen LogP contribution in [0.5, 0.6) is 11.5 Å². The van der Waals surface area contributed by atoms with Gasteiger partial charge in [0.05, 0.1) is 16.9 Å². The molecule has 8 heteroatoms. The summed E-state index contributed by atoms with van der Waals surface area (Å²) in [7, 11) is 0. The minimum atomic E-state index is -0.473. The summed E-state index contributed by atoms with van der Waals surface area (Å²) < 4.78 is 5.58. The zero-order valence-corrected chi connectivity index (χ0v) is 29.4. The number of carbonyl (C=O) groups is 3. The molecule has 0 unspecified atom stereocenters. The van der Waals surface area contributed by atoms with Crippen LogP contribution in [0, 0.1) is 0 Å². The Morgan fingerprint density at radius 2 is 1.16 bits per heavy atom. The number of phenols is 1. The van der Waals surface area contributed by atoms with E-state index in [0.717, 1.165) is 11.1 Å². The van der Waals surface area contributed by atoms with Crippen molar-refractivity contribution >= 4 is 40.1 Å². The number of benzene rings is 5. The molecule has 254 valence electrons. The first-order chi connectivity index (χ1) is 23.1. The highest BCUT2D eigenvalue weighted by molar-refractivity contribution is 6.67. The third-order valence-corrected chi connectivity index (χ3v) is 7.45. The van der Waals surface area contributed by atoms with E-state index in [1.54, 1.807) is 84.9 Å². The average Bonchev–Trinajstić information content (AvgIpc) is 3.07. The summed E-state index contributed by atoms with van der Waals surface area (Å²) in [6.07, 6.45) is 0. The number of nitrogen functional groups attached to an aromatic ring is 1. The second kappa shape index (κ2) is 17.1. The Bertz CT molecular complexity index is 1850. The monoisotopic (exact) mass is 678 g/mol. The number of para-hydroxylation sites is 1. The molecule has 0 radical (unpaired) electrons. The third-order valence-electron chi connectivity index (χ3n) is 7.23. The Balaban J connectivity index is 0.000000252. The maximum Gasteiger partial charge on any atom is 0.343 e. The number of nitrogens with two attached hydrogens (primary N) is 1. The summed E-state index contributed by atoms with van der Waals surface area (Å²) in [6.45, 7) is 12.5. The van der Waals surface area contributed by atoms with Crippen LogP contribution in [-0.2, 0) is 10.8 Å². The van der Waals surface area contributed by atoms with Crippen LogP contribution in [0.25, 0.3) is 0 Å². The molecule has 0 saturated carbocycles. The number of rotatable bonds is 5. The van der Waals surface area contributed by atoms with Gasteiger partial charge in [-0.1, -0.05) is 126 Å². The average molecular weight is 679 g/mol. The quantitative estimate of drug-likeness (QED) is 0.0560. The second-order valence-electron chi connectivity index (χ2n) is 13.2. The lowest BCUT2D eigenvalue weighted by molar-refractivity contribution is 0.0734. The van der Waals surface area contributed by atoms with Gasteiger partial charge in [-0.2, -0.15) is 0 Å². The highest BCUT2D eigenvalue weighted by Crippen LogP contribution is 2.34. The molecular formula is C41H43ClN2O5. The maximum atomic E-state index is 12.6. The SMILES string of the molecule is CC(C)(C)c1ccc(OC(=O)c2ccccc2)c(NC(=O)c2ccccc2)c1.CC(C)(C)c1cccc(O)c1N.O=C(Cl)c1ccccc1. The maximum absolute atomic E-state index is 12.6. The van der Waals surface area contributed by atoms with E-state index in [9.17, 15) is 19.5 Å². The topological polar surface area (TPSA) is 119 Å². The Morgan fingerprint density at radius 1 is 0.653 bits per heavy atom. The van der Waals surface area contributed by atoms with E-state index < -0.39 is 11.2 Å². The van der Waals surface area contributed by atoms with Gasteiger partial charge in [0.1, 0.15) is 5.75 Å². The van der Waals surface area contributed by atoms with E-state index in [4.69, 9.17) is 22.1 Å². The van der Waals surface area contributed by atoms with E-state index in [1.807, 2.05) is 42.5 Å². The van der Waals surface area contributed by atoms with Crippen molar-refractivity contribution in [3.05, 3.63) is 155 Å². The van der Waals surface area contributed by atoms with Crippen LogP contribution in [0.2, 0.25) is 0 Å². The van der Waals surface area contributed by atoms with Crippen molar-refractivity contribution in [1.29, 1.82) is 0 Å². The summed E-state index contributed by atoms with van der Waals surface area (Å²) in [5.41, 5.74) is 10.1. The molecule has 0 atom stereocenters. The molecule has 0 aliphatic rings. The zero-order valence-electron chi connectivity index (χ0n) is 28.7. The summed E-state index contributed by atoms with van der Waals surface area (Å²) in [4.78, 5) is 35.5. The van der Waals surface area contributed by atoms with Gasteiger partial charge in [0, 0.05) is 11.1 Å². The smallest absolute Gasteiger partial charge is 0.343 e. The van der Waals surface area contributed by atoms with Crippen LogP contribution >= 0.6 is 11.6 Å².